The maximum atomic E-state index is 12.9. The summed E-state index contributed by atoms with van der Waals surface area (Å²) in [5, 5.41) is 15.6. The summed E-state index contributed by atoms with van der Waals surface area (Å²) in [6.45, 7) is 7.88. The Labute approximate surface area is 167 Å². The van der Waals surface area contributed by atoms with Crippen LogP contribution in [0.25, 0.3) is 0 Å². The topological polar surface area (TPSA) is 90.9 Å². The Kier molecular flexibility index (Phi) is 4.86. The first-order valence-electron chi connectivity index (χ1n) is 9.39. The number of rotatable bonds is 3. The molecule has 0 saturated carbocycles. The molecule has 1 aliphatic heterocycles. The van der Waals surface area contributed by atoms with E-state index >= 15 is 0 Å². The lowest BCUT2D eigenvalue weighted by molar-refractivity contribution is 0.176. The van der Waals surface area contributed by atoms with Gasteiger partial charge < -0.3 is 9.45 Å². The molecule has 1 fully saturated rings. The first-order chi connectivity index (χ1) is 12.8. The Hall–Kier alpha value is -1.35. The Balaban J connectivity index is 1.58. The summed E-state index contributed by atoms with van der Waals surface area (Å²) < 4.78 is 16.1. The highest BCUT2D eigenvalue weighted by Crippen LogP contribution is 2.52. The van der Waals surface area contributed by atoms with Crippen LogP contribution in [0.5, 0.6) is 0 Å². The monoisotopic (exact) mass is 405 g/mol. The van der Waals surface area contributed by atoms with Crippen molar-refractivity contribution in [3.63, 3.8) is 0 Å². The van der Waals surface area contributed by atoms with Crippen LogP contribution in [0.2, 0.25) is 0 Å². The van der Waals surface area contributed by atoms with Crippen molar-refractivity contribution < 1.29 is 4.55 Å². The highest BCUT2D eigenvalue weighted by molar-refractivity contribution is 7.90. The van der Waals surface area contributed by atoms with Crippen molar-refractivity contribution in [3.05, 3.63) is 40.2 Å². The maximum Gasteiger partial charge on any atom is 0.207 e. The number of hydrogen-bond donors (Lipinski definition) is 3. The van der Waals surface area contributed by atoms with Gasteiger partial charge in [0, 0.05) is 29.9 Å². The van der Waals surface area contributed by atoms with Gasteiger partial charge in [-0.1, -0.05) is 35.6 Å². The predicted octanol–water partition coefficient (Wildman–Crippen LogP) is 2.89. The summed E-state index contributed by atoms with van der Waals surface area (Å²) in [5.74, 6) is 0. The molecule has 4 rings (SSSR count). The van der Waals surface area contributed by atoms with Crippen molar-refractivity contribution in [1.82, 2.24) is 14.9 Å². The summed E-state index contributed by atoms with van der Waals surface area (Å²) >= 11 is 0.282. The van der Waals surface area contributed by atoms with Crippen LogP contribution in [-0.2, 0) is 17.8 Å². The largest absolute Gasteiger partial charge is 0.598 e. The first kappa shape index (κ1) is 19.0. The third-order valence-electron chi connectivity index (χ3n) is 5.78. The number of aromatic nitrogens is 2. The first-order valence-corrected chi connectivity index (χ1v) is 11.4. The number of H-pyrrole nitrogens is 1. The highest BCUT2D eigenvalue weighted by atomic mass is 32.2. The number of piperidine rings is 1. The van der Waals surface area contributed by atoms with Crippen molar-refractivity contribution in [2.24, 2.45) is 5.41 Å². The molecule has 0 amide bonds. The zero-order chi connectivity index (χ0) is 19.2. The number of hydrogen-bond acceptors (Lipinski definition) is 6. The molecule has 2 aliphatic rings. The van der Waals surface area contributed by atoms with E-state index in [0.29, 0.717) is 4.80 Å². The molecule has 8 heteroatoms. The van der Waals surface area contributed by atoms with Crippen LogP contribution in [-0.4, -0.2) is 32.6 Å². The summed E-state index contributed by atoms with van der Waals surface area (Å²) in [7, 11) is 0. The van der Waals surface area contributed by atoms with Crippen LogP contribution in [0.4, 0.5) is 5.13 Å². The number of aromatic amines is 1. The lowest BCUT2D eigenvalue weighted by Crippen LogP contribution is -2.49. The quantitative estimate of drug-likeness (QED) is 0.685. The molecule has 3 N–H and O–H groups in total. The van der Waals surface area contributed by atoms with E-state index in [-0.39, 0.29) is 16.2 Å². The maximum absolute atomic E-state index is 12.9. The Morgan fingerprint density at radius 1 is 1.33 bits per heavy atom. The minimum absolute atomic E-state index is 0.0892. The second-order valence-electron chi connectivity index (χ2n) is 8.59. The smallest absolute Gasteiger partial charge is 0.207 e. The molecule has 1 saturated heterocycles. The van der Waals surface area contributed by atoms with Crippen LogP contribution in [0.3, 0.4) is 0 Å². The van der Waals surface area contributed by atoms with Crippen LogP contribution in [0, 0.1) is 10.8 Å². The molecule has 1 aromatic carbocycles. The standard InChI is InChI=1S/C19H27N5OS2/c1-18(2,3)27(25)23-15-14-7-5-4-6-13(14)12-19(15)8-10-24(11-9-19)17-22-21-16(20)26-17/h4-7,15,23H,8-12H2,1-3H3,(H2,20,21)/t15-,27-/m1/s1. The van der Waals surface area contributed by atoms with Gasteiger partial charge in [-0.3, -0.25) is 10.5 Å². The molecule has 1 spiro atoms. The fraction of sp³-hybridized carbons (Fsp3) is 0.579. The Morgan fingerprint density at radius 2 is 2.04 bits per heavy atom. The van der Waals surface area contributed by atoms with E-state index in [0.717, 1.165) is 37.5 Å². The number of nitrogens with zero attached hydrogens (tertiary/aromatic N) is 2. The molecule has 2 aromatic rings. The van der Waals surface area contributed by atoms with E-state index in [9.17, 15) is 4.55 Å². The van der Waals surface area contributed by atoms with Crippen LogP contribution >= 0.6 is 11.3 Å². The molecule has 146 valence electrons. The minimum Gasteiger partial charge on any atom is -0.598 e. The van der Waals surface area contributed by atoms with Gasteiger partial charge in [0.2, 0.25) is 5.13 Å². The van der Waals surface area contributed by atoms with Gasteiger partial charge in [-0.05, 0) is 51.2 Å². The van der Waals surface area contributed by atoms with E-state index < -0.39 is 11.4 Å². The average molecular weight is 406 g/mol. The predicted molar refractivity (Wildman–Crippen MR) is 110 cm³/mol. The number of nitrogens with one attached hydrogen (secondary N) is 3. The van der Waals surface area contributed by atoms with E-state index in [2.05, 4.69) is 44.1 Å². The fourth-order valence-corrected chi connectivity index (χ4v) is 5.86. The minimum atomic E-state index is -1.11. The summed E-state index contributed by atoms with van der Waals surface area (Å²) in [6.07, 6.45) is 3.07. The molecule has 0 bridgehead atoms. The fourth-order valence-electron chi connectivity index (χ4n) is 4.24. The van der Waals surface area contributed by atoms with Crippen LogP contribution < -0.4 is 14.4 Å². The van der Waals surface area contributed by atoms with E-state index in [1.54, 1.807) is 0 Å². The molecule has 6 nitrogen and oxygen atoms in total. The lowest BCUT2D eigenvalue weighted by Gasteiger charge is -2.43. The summed E-state index contributed by atoms with van der Waals surface area (Å²) in [6, 6.07) is 8.71. The molecule has 1 aromatic heterocycles. The third kappa shape index (κ3) is 3.55. The Bertz CT molecular complexity index is 863. The van der Waals surface area contributed by atoms with E-state index in [1.807, 2.05) is 20.8 Å². The SMILES string of the molecule is CC(C)(C)[S@@+]([O-])N[C@@H]1c2ccccc2CC12CCN(c1n[nH]c(=N)s1)CC2. The number of benzene rings is 1. The lowest BCUT2D eigenvalue weighted by atomic mass is 9.73. The van der Waals surface area contributed by atoms with Crippen molar-refractivity contribution in [2.45, 2.75) is 50.8 Å². The molecule has 27 heavy (non-hydrogen) atoms. The summed E-state index contributed by atoms with van der Waals surface area (Å²) in [4.78, 5) is 2.66. The van der Waals surface area contributed by atoms with Gasteiger partial charge in [-0.25, -0.2) is 0 Å². The molecule has 2 atom stereocenters. The molecule has 0 unspecified atom stereocenters. The van der Waals surface area contributed by atoms with Crippen molar-refractivity contribution >= 4 is 27.8 Å². The van der Waals surface area contributed by atoms with Gasteiger partial charge in [0.05, 0.1) is 6.04 Å². The molecular weight excluding hydrogens is 378 g/mol. The normalized spacial score (nSPS) is 22.8. The Morgan fingerprint density at radius 3 is 2.67 bits per heavy atom. The number of fused-ring (bicyclic) bond motifs is 1. The van der Waals surface area contributed by atoms with Crippen molar-refractivity contribution in [3.8, 4) is 0 Å². The molecule has 2 heterocycles. The second kappa shape index (κ2) is 6.92. The van der Waals surface area contributed by atoms with Crippen molar-refractivity contribution in [1.29, 1.82) is 5.41 Å². The molecular formula is C19H27N5OS2. The van der Waals surface area contributed by atoms with Gasteiger partial charge in [-0.2, -0.15) is 0 Å². The van der Waals surface area contributed by atoms with Gasteiger partial charge in [0.1, 0.15) is 4.75 Å². The molecule has 1 aliphatic carbocycles. The van der Waals surface area contributed by atoms with E-state index in [4.69, 9.17) is 5.41 Å². The van der Waals surface area contributed by atoms with Crippen LogP contribution in [0.1, 0.15) is 50.8 Å². The molecule has 0 radical (unpaired) electrons. The zero-order valence-electron chi connectivity index (χ0n) is 16.0. The highest BCUT2D eigenvalue weighted by Gasteiger charge is 2.50. The average Bonchev–Trinajstić information content (AvgIpc) is 3.17. The van der Waals surface area contributed by atoms with Gasteiger partial charge >= 0.3 is 0 Å². The van der Waals surface area contributed by atoms with Gasteiger partial charge in [0.15, 0.2) is 4.80 Å². The van der Waals surface area contributed by atoms with Gasteiger partial charge in [0.25, 0.3) is 0 Å². The van der Waals surface area contributed by atoms with Crippen LogP contribution in [0.15, 0.2) is 24.3 Å². The van der Waals surface area contributed by atoms with Gasteiger partial charge in [-0.15, -0.1) is 9.82 Å². The van der Waals surface area contributed by atoms with E-state index in [1.165, 1.54) is 22.5 Å². The summed E-state index contributed by atoms with van der Waals surface area (Å²) in [5.41, 5.74) is 2.77. The van der Waals surface area contributed by atoms with Crippen molar-refractivity contribution in [2.75, 3.05) is 18.0 Å². The number of anilines is 1. The third-order valence-corrected chi connectivity index (χ3v) is 8.17. The zero-order valence-corrected chi connectivity index (χ0v) is 17.7. The second-order valence-corrected chi connectivity index (χ2v) is 11.6.